The molecule has 0 bridgehead atoms. The van der Waals surface area contributed by atoms with E-state index in [1.807, 2.05) is 29.2 Å². The van der Waals surface area contributed by atoms with Crippen LogP contribution in [0.5, 0.6) is 23.0 Å². The summed E-state index contributed by atoms with van der Waals surface area (Å²) in [6.45, 7) is 2.82. The maximum Gasteiger partial charge on any atom is 0.250 e. The minimum Gasteiger partial charge on any atom is -0.493 e. The van der Waals surface area contributed by atoms with Crippen LogP contribution in [0, 0.1) is 5.92 Å². The summed E-state index contributed by atoms with van der Waals surface area (Å²) in [5.41, 5.74) is 1.58. The van der Waals surface area contributed by atoms with Gasteiger partial charge in [0.05, 0.1) is 14.2 Å². The zero-order valence-electron chi connectivity index (χ0n) is 20.5. The Morgan fingerprint density at radius 1 is 0.914 bits per heavy atom. The highest BCUT2D eigenvalue weighted by Crippen LogP contribution is 2.39. The molecule has 2 fully saturated rings. The molecule has 5 rings (SSSR count). The molecule has 8 heteroatoms. The zero-order valence-corrected chi connectivity index (χ0v) is 20.5. The Morgan fingerprint density at radius 2 is 1.66 bits per heavy atom. The Kier molecular flexibility index (Phi) is 6.45. The van der Waals surface area contributed by atoms with Crippen LogP contribution in [0.1, 0.15) is 49.8 Å². The lowest BCUT2D eigenvalue weighted by molar-refractivity contribution is -0.160. The number of carbonyl (C=O) groups excluding carboxylic acids is 2. The average Bonchev–Trinajstić information content (AvgIpc) is 3.34. The van der Waals surface area contributed by atoms with Crippen molar-refractivity contribution in [2.24, 2.45) is 5.92 Å². The molecule has 2 heterocycles. The highest BCUT2D eigenvalue weighted by molar-refractivity contribution is 5.96. The van der Waals surface area contributed by atoms with E-state index in [0.29, 0.717) is 34.5 Å². The van der Waals surface area contributed by atoms with Gasteiger partial charge in [-0.2, -0.15) is 0 Å². The number of methoxy groups -OCH3 is 2. The Balaban J connectivity index is 1.49. The topological polar surface area (TPSA) is 77.5 Å². The number of hydrogen-bond donors (Lipinski definition) is 0. The van der Waals surface area contributed by atoms with Gasteiger partial charge in [0.1, 0.15) is 12.6 Å². The molecule has 3 aliphatic rings. The molecule has 0 aromatic heterocycles. The molecule has 8 nitrogen and oxygen atoms in total. The van der Waals surface area contributed by atoms with Gasteiger partial charge in [-0.3, -0.25) is 9.59 Å². The first-order chi connectivity index (χ1) is 17.0. The van der Waals surface area contributed by atoms with Gasteiger partial charge >= 0.3 is 0 Å². The third-order valence-corrected chi connectivity index (χ3v) is 7.39. The van der Waals surface area contributed by atoms with Crippen molar-refractivity contribution in [3.63, 3.8) is 0 Å². The van der Waals surface area contributed by atoms with Crippen LogP contribution in [-0.2, 0) is 16.1 Å². The lowest BCUT2D eigenvalue weighted by Crippen LogP contribution is -2.58. The molecule has 1 saturated heterocycles. The number of ether oxygens (including phenoxy) is 4. The van der Waals surface area contributed by atoms with Crippen LogP contribution in [0.15, 0.2) is 36.4 Å². The Bertz CT molecular complexity index is 1110. The van der Waals surface area contributed by atoms with Crippen molar-refractivity contribution >= 4 is 11.8 Å². The van der Waals surface area contributed by atoms with E-state index in [1.165, 1.54) is 0 Å². The standard InChI is InChI=1S/C27H32N2O6/c1-17-4-8-20(9-5-17)28-15-25(30)29(14-18-6-10-22-24(12-18)35-16-34-22)26(27(28)31)19-7-11-21(32-2)23(13-19)33-3/h6-7,10-13,17,20,26H,4-5,8-9,14-16H2,1-3H3. The molecular formula is C27H32N2O6. The van der Waals surface area contributed by atoms with Crippen molar-refractivity contribution in [2.75, 3.05) is 27.6 Å². The van der Waals surface area contributed by atoms with Crippen molar-refractivity contribution < 1.29 is 28.5 Å². The maximum atomic E-state index is 14.0. The third kappa shape index (κ3) is 4.49. The first-order valence-electron chi connectivity index (χ1n) is 12.2. The molecular weight excluding hydrogens is 448 g/mol. The number of hydrogen-bond acceptors (Lipinski definition) is 6. The number of nitrogens with zero attached hydrogens (tertiary/aromatic N) is 2. The van der Waals surface area contributed by atoms with E-state index in [1.54, 1.807) is 31.3 Å². The summed E-state index contributed by atoms with van der Waals surface area (Å²) in [7, 11) is 3.14. The normalized spacial score (nSPS) is 24.0. The van der Waals surface area contributed by atoms with Gasteiger partial charge in [0.2, 0.25) is 12.7 Å². The first-order valence-corrected chi connectivity index (χ1v) is 12.2. The molecule has 0 N–H and O–H groups in total. The molecule has 2 amide bonds. The van der Waals surface area contributed by atoms with E-state index in [9.17, 15) is 9.59 Å². The number of fused-ring (bicyclic) bond motifs is 1. The second-order valence-corrected chi connectivity index (χ2v) is 9.61. The number of piperazine rings is 1. The van der Waals surface area contributed by atoms with E-state index in [4.69, 9.17) is 18.9 Å². The average molecular weight is 481 g/mol. The predicted molar refractivity (Wildman–Crippen MR) is 129 cm³/mol. The summed E-state index contributed by atoms with van der Waals surface area (Å²) in [4.78, 5) is 31.1. The van der Waals surface area contributed by atoms with Crippen LogP contribution in [0.2, 0.25) is 0 Å². The van der Waals surface area contributed by atoms with Crippen molar-refractivity contribution in [1.82, 2.24) is 9.80 Å². The first kappa shape index (κ1) is 23.3. The number of rotatable bonds is 6. The maximum absolute atomic E-state index is 14.0. The Hall–Kier alpha value is -3.42. The quantitative estimate of drug-likeness (QED) is 0.624. The second kappa shape index (κ2) is 9.68. The van der Waals surface area contributed by atoms with Gasteiger partial charge in [-0.25, -0.2) is 0 Å². The van der Waals surface area contributed by atoms with E-state index in [2.05, 4.69) is 6.92 Å². The largest absolute Gasteiger partial charge is 0.493 e. The fraction of sp³-hybridized carbons (Fsp3) is 0.481. The van der Waals surface area contributed by atoms with Crippen LogP contribution >= 0.6 is 0 Å². The van der Waals surface area contributed by atoms with Crippen molar-refractivity contribution in [3.05, 3.63) is 47.5 Å². The molecule has 1 atom stereocenters. The summed E-state index contributed by atoms with van der Waals surface area (Å²) in [6.07, 6.45) is 4.01. The van der Waals surface area contributed by atoms with Crippen LogP contribution in [0.4, 0.5) is 0 Å². The lowest BCUT2D eigenvalue weighted by Gasteiger charge is -2.45. The fourth-order valence-corrected chi connectivity index (χ4v) is 5.37. The molecule has 1 aliphatic carbocycles. The molecule has 2 aromatic rings. The minimum absolute atomic E-state index is 0.0443. The van der Waals surface area contributed by atoms with Gasteiger partial charge in [0.25, 0.3) is 5.91 Å². The molecule has 2 aromatic carbocycles. The van der Waals surface area contributed by atoms with Gasteiger partial charge in [0.15, 0.2) is 23.0 Å². The SMILES string of the molecule is COc1ccc(C2C(=O)N(C3CCC(C)CC3)CC(=O)N2Cc2ccc3c(c2)OCO3)cc1OC. The van der Waals surface area contributed by atoms with Gasteiger partial charge in [0, 0.05) is 12.6 Å². The van der Waals surface area contributed by atoms with Crippen LogP contribution in [-0.4, -0.2) is 55.2 Å². The van der Waals surface area contributed by atoms with E-state index in [0.717, 1.165) is 31.2 Å². The van der Waals surface area contributed by atoms with Gasteiger partial charge < -0.3 is 28.7 Å². The van der Waals surface area contributed by atoms with Crippen LogP contribution in [0.25, 0.3) is 0 Å². The molecule has 1 unspecified atom stereocenters. The minimum atomic E-state index is -0.749. The Morgan fingerprint density at radius 3 is 2.40 bits per heavy atom. The lowest BCUT2D eigenvalue weighted by atomic mass is 9.85. The molecule has 2 aliphatic heterocycles. The van der Waals surface area contributed by atoms with Crippen LogP contribution in [0.3, 0.4) is 0 Å². The van der Waals surface area contributed by atoms with Gasteiger partial charge in [-0.1, -0.05) is 19.1 Å². The number of carbonyl (C=O) groups is 2. The van der Waals surface area contributed by atoms with Crippen molar-refractivity contribution in [1.29, 1.82) is 0 Å². The molecule has 1 saturated carbocycles. The second-order valence-electron chi connectivity index (χ2n) is 9.61. The van der Waals surface area contributed by atoms with Crippen molar-refractivity contribution in [2.45, 2.75) is 51.2 Å². The molecule has 0 radical (unpaired) electrons. The summed E-state index contributed by atoms with van der Waals surface area (Å²) >= 11 is 0. The third-order valence-electron chi connectivity index (χ3n) is 7.39. The molecule has 186 valence electrons. The van der Waals surface area contributed by atoms with E-state index < -0.39 is 6.04 Å². The highest BCUT2D eigenvalue weighted by Gasteiger charge is 2.43. The number of benzene rings is 2. The van der Waals surface area contributed by atoms with Gasteiger partial charge in [-0.05, 0) is 67.0 Å². The molecule has 35 heavy (non-hydrogen) atoms. The van der Waals surface area contributed by atoms with E-state index in [-0.39, 0.29) is 37.7 Å². The molecule has 0 spiro atoms. The summed E-state index contributed by atoms with van der Waals surface area (Å²) in [6, 6.07) is 10.4. The summed E-state index contributed by atoms with van der Waals surface area (Å²) in [5.74, 6) is 2.98. The zero-order chi connectivity index (χ0) is 24.5. The summed E-state index contributed by atoms with van der Waals surface area (Å²) < 4.78 is 21.8. The van der Waals surface area contributed by atoms with Gasteiger partial charge in [-0.15, -0.1) is 0 Å². The number of amides is 2. The smallest absolute Gasteiger partial charge is 0.250 e. The fourth-order valence-electron chi connectivity index (χ4n) is 5.37. The Labute approximate surface area is 205 Å². The van der Waals surface area contributed by atoms with E-state index >= 15 is 0 Å². The summed E-state index contributed by atoms with van der Waals surface area (Å²) in [5, 5.41) is 0. The van der Waals surface area contributed by atoms with Crippen LogP contribution < -0.4 is 18.9 Å². The monoisotopic (exact) mass is 480 g/mol. The van der Waals surface area contributed by atoms with Crippen molar-refractivity contribution in [3.8, 4) is 23.0 Å². The predicted octanol–water partition coefficient (Wildman–Crippen LogP) is 3.92. The highest BCUT2D eigenvalue weighted by atomic mass is 16.7.